The van der Waals surface area contributed by atoms with Crippen molar-refractivity contribution in [3.8, 4) is 5.75 Å². The monoisotopic (exact) mass is 546 g/mol. The number of nitrogens with one attached hydrogen (secondary N) is 1. The van der Waals surface area contributed by atoms with E-state index in [1.807, 2.05) is 32.3 Å². The fourth-order valence-electron chi connectivity index (χ4n) is 4.39. The van der Waals surface area contributed by atoms with Crippen LogP contribution in [0, 0.1) is 11.8 Å². The third kappa shape index (κ3) is 9.05. The third-order valence-electron chi connectivity index (χ3n) is 7.09. The Morgan fingerprint density at radius 3 is 1.97 bits per heavy atom. The molecule has 0 aromatic heterocycles. The highest BCUT2D eigenvalue weighted by atomic mass is 16.5. The van der Waals surface area contributed by atoms with Gasteiger partial charge in [-0.15, -0.1) is 0 Å². The molecular formula is C28H44N5O6. The summed E-state index contributed by atoms with van der Waals surface area (Å²) in [5.74, 6) is -1.53. The van der Waals surface area contributed by atoms with Crippen molar-refractivity contribution in [2.75, 3.05) is 41.3 Å². The first-order chi connectivity index (χ1) is 18.3. The highest BCUT2D eigenvalue weighted by molar-refractivity contribution is 5.93. The van der Waals surface area contributed by atoms with Gasteiger partial charge in [0.05, 0.1) is 20.2 Å². The Hall–Kier alpha value is -3.47. The highest BCUT2D eigenvalue weighted by Crippen LogP contribution is 2.18. The fourth-order valence-corrected chi connectivity index (χ4v) is 4.39. The fraction of sp³-hybridized carbons (Fsp3) is 0.607. The summed E-state index contributed by atoms with van der Waals surface area (Å²) in [5.41, 5.74) is 6.29. The molecule has 39 heavy (non-hydrogen) atoms. The topological polar surface area (TPSA) is 142 Å². The molecule has 3 N–H and O–H groups in total. The van der Waals surface area contributed by atoms with Crippen LogP contribution in [0.3, 0.4) is 0 Å². The summed E-state index contributed by atoms with van der Waals surface area (Å²) in [6.45, 7) is 6.75. The van der Waals surface area contributed by atoms with Crippen molar-refractivity contribution >= 4 is 29.9 Å². The van der Waals surface area contributed by atoms with Crippen molar-refractivity contribution in [1.82, 2.24) is 20.0 Å². The van der Waals surface area contributed by atoms with Gasteiger partial charge >= 0.3 is 0 Å². The van der Waals surface area contributed by atoms with Crippen LogP contribution in [-0.2, 0) is 30.4 Å². The summed E-state index contributed by atoms with van der Waals surface area (Å²) in [6.07, 6.45) is 2.82. The lowest BCUT2D eigenvalue weighted by Crippen LogP contribution is -2.57. The summed E-state index contributed by atoms with van der Waals surface area (Å²) in [4.78, 5) is 67.4. The highest BCUT2D eigenvalue weighted by Gasteiger charge is 2.36. The Bertz CT molecular complexity index is 983. The molecule has 0 aliphatic rings. The molecule has 0 spiro atoms. The first-order valence-electron chi connectivity index (χ1n) is 13.1. The van der Waals surface area contributed by atoms with Gasteiger partial charge in [0.2, 0.25) is 29.9 Å². The molecule has 0 aliphatic heterocycles. The Morgan fingerprint density at radius 1 is 0.949 bits per heavy atom. The summed E-state index contributed by atoms with van der Waals surface area (Å²) < 4.78 is 5.16. The number of amides is 4. The maximum Gasteiger partial charge on any atom is 0.246 e. The first kappa shape index (κ1) is 33.6. The van der Waals surface area contributed by atoms with Crippen molar-refractivity contribution in [3.63, 3.8) is 0 Å². The standard InChI is InChI=1S/C28H44N5O6/c1-9-19(4)26(32(6)23(35)15-29)27(37)30-16-24(36)33(7)25(18(2)3)28(38)31(5)21(17-34)14-20-10-12-22(39-8)13-11-20/h10-13,18-19,21,25-26H,9,14-16,29H2,1-8H3,(H,30,37)/t19-,21-,25-,26-/m0/s1. The van der Waals surface area contributed by atoms with Crippen molar-refractivity contribution in [2.45, 2.75) is 58.7 Å². The van der Waals surface area contributed by atoms with Crippen LogP contribution >= 0.6 is 0 Å². The molecule has 0 saturated heterocycles. The van der Waals surface area contributed by atoms with E-state index in [0.717, 1.165) is 5.56 Å². The van der Waals surface area contributed by atoms with Crippen LogP contribution in [0.25, 0.3) is 0 Å². The van der Waals surface area contributed by atoms with Gasteiger partial charge in [0.15, 0.2) is 0 Å². The van der Waals surface area contributed by atoms with Crippen molar-refractivity contribution in [1.29, 1.82) is 0 Å². The summed E-state index contributed by atoms with van der Waals surface area (Å²) in [7, 11) is 6.07. The zero-order chi connectivity index (χ0) is 29.9. The van der Waals surface area contributed by atoms with Crippen LogP contribution in [0.5, 0.6) is 5.75 Å². The van der Waals surface area contributed by atoms with Gasteiger partial charge in [-0.1, -0.05) is 46.2 Å². The molecule has 11 nitrogen and oxygen atoms in total. The quantitative estimate of drug-likeness (QED) is 0.328. The molecule has 1 aromatic carbocycles. The number of nitrogens with zero attached hydrogens (tertiary/aromatic N) is 3. The maximum atomic E-state index is 13.5. The number of carbonyl (C=O) groups excluding carboxylic acids is 5. The molecule has 0 bridgehead atoms. The van der Waals surface area contributed by atoms with Crippen LogP contribution in [-0.4, -0.2) is 104 Å². The minimum Gasteiger partial charge on any atom is -0.497 e. The average molecular weight is 547 g/mol. The number of likely N-dealkylation sites (N-methyl/N-ethyl adjacent to an activating group) is 3. The summed E-state index contributed by atoms with van der Waals surface area (Å²) in [6, 6.07) is 4.63. The first-order valence-corrected chi connectivity index (χ1v) is 13.1. The SMILES string of the molecule is CC[C@H](C)[C@@H](C(=O)NCC(=O)N(C)[C@H](C(=O)N(C)[C@H]([C]=O)Cc1ccc(OC)cc1)C(C)C)N(C)C(=O)CN. The minimum absolute atomic E-state index is 0.167. The van der Waals surface area contributed by atoms with E-state index in [9.17, 15) is 24.0 Å². The molecule has 4 atom stereocenters. The minimum atomic E-state index is -0.877. The van der Waals surface area contributed by atoms with E-state index in [1.54, 1.807) is 33.1 Å². The molecule has 1 radical (unpaired) electrons. The number of carbonyl (C=O) groups is 4. The van der Waals surface area contributed by atoms with Gasteiger partial charge in [0.1, 0.15) is 23.9 Å². The maximum absolute atomic E-state index is 13.5. The molecule has 0 unspecified atom stereocenters. The van der Waals surface area contributed by atoms with Gasteiger partial charge in [-0.25, -0.2) is 0 Å². The van der Waals surface area contributed by atoms with E-state index < -0.39 is 35.8 Å². The smallest absolute Gasteiger partial charge is 0.246 e. The second kappa shape index (κ2) is 15.8. The van der Waals surface area contributed by atoms with Gasteiger partial charge in [-0.05, 0) is 29.5 Å². The van der Waals surface area contributed by atoms with Gasteiger partial charge in [-0.2, -0.15) is 0 Å². The zero-order valence-corrected chi connectivity index (χ0v) is 24.4. The number of nitrogens with two attached hydrogens (primary N) is 1. The number of methoxy groups -OCH3 is 1. The van der Waals surface area contributed by atoms with Crippen LogP contribution in [0.15, 0.2) is 24.3 Å². The second-order valence-electron chi connectivity index (χ2n) is 10.1. The molecule has 1 rings (SSSR count). The van der Waals surface area contributed by atoms with E-state index in [4.69, 9.17) is 10.5 Å². The number of benzene rings is 1. The number of rotatable bonds is 15. The summed E-state index contributed by atoms with van der Waals surface area (Å²) in [5, 5.41) is 2.61. The van der Waals surface area contributed by atoms with Gasteiger partial charge in [-0.3, -0.25) is 24.0 Å². The lowest BCUT2D eigenvalue weighted by atomic mass is 9.97. The predicted octanol–water partition coefficient (Wildman–Crippen LogP) is 0.605. The molecule has 0 fully saturated rings. The predicted molar refractivity (Wildman–Crippen MR) is 148 cm³/mol. The number of hydrogen-bond acceptors (Lipinski definition) is 7. The molecule has 4 amide bonds. The number of hydrogen-bond donors (Lipinski definition) is 2. The van der Waals surface area contributed by atoms with Crippen molar-refractivity contribution in [3.05, 3.63) is 29.8 Å². The molecule has 11 heteroatoms. The Morgan fingerprint density at radius 2 is 1.51 bits per heavy atom. The van der Waals surface area contributed by atoms with Crippen LogP contribution < -0.4 is 15.8 Å². The van der Waals surface area contributed by atoms with Crippen molar-refractivity contribution in [2.24, 2.45) is 17.6 Å². The lowest BCUT2D eigenvalue weighted by Gasteiger charge is -2.35. The van der Waals surface area contributed by atoms with Crippen LogP contribution in [0.1, 0.15) is 39.7 Å². The van der Waals surface area contributed by atoms with Gasteiger partial charge in [0, 0.05) is 27.6 Å². The molecule has 1 aromatic rings. The van der Waals surface area contributed by atoms with Gasteiger partial charge < -0.3 is 30.5 Å². The Kier molecular flexibility index (Phi) is 13.6. The van der Waals surface area contributed by atoms with E-state index >= 15 is 0 Å². The average Bonchev–Trinajstić information content (AvgIpc) is 2.93. The molecular weight excluding hydrogens is 502 g/mol. The normalized spacial score (nSPS) is 14.0. The van der Waals surface area contributed by atoms with E-state index in [0.29, 0.717) is 12.2 Å². The van der Waals surface area contributed by atoms with Crippen molar-refractivity contribution < 1.29 is 28.7 Å². The molecule has 217 valence electrons. The number of ether oxygens (including phenoxy) is 1. The zero-order valence-electron chi connectivity index (χ0n) is 24.4. The van der Waals surface area contributed by atoms with Gasteiger partial charge in [0.25, 0.3) is 0 Å². The molecule has 0 aliphatic carbocycles. The molecule has 0 saturated carbocycles. The molecule has 0 heterocycles. The second-order valence-corrected chi connectivity index (χ2v) is 10.1. The largest absolute Gasteiger partial charge is 0.497 e. The van der Waals surface area contributed by atoms with E-state index in [1.165, 1.54) is 35.8 Å². The van der Waals surface area contributed by atoms with Crippen LogP contribution in [0.4, 0.5) is 0 Å². The summed E-state index contributed by atoms with van der Waals surface area (Å²) >= 11 is 0. The Labute approximate surface area is 232 Å². The Balaban J connectivity index is 2.98. The van der Waals surface area contributed by atoms with E-state index in [-0.39, 0.29) is 37.3 Å². The van der Waals surface area contributed by atoms with E-state index in [2.05, 4.69) is 5.32 Å². The van der Waals surface area contributed by atoms with Crippen LogP contribution in [0.2, 0.25) is 0 Å². The lowest BCUT2D eigenvalue weighted by molar-refractivity contribution is -0.146. The third-order valence-corrected chi connectivity index (χ3v) is 7.09.